The molecule has 1 N–H and O–H groups in total. The minimum Gasteiger partial charge on any atom is -0.310 e. The molecule has 0 atom stereocenters. The van der Waals surface area contributed by atoms with Crippen LogP contribution in [0.2, 0.25) is 0 Å². The molecule has 0 aliphatic rings. The number of nitrogens with one attached hydrogen (secondary N) is 1. The highest BCUT2D eigenvalue weighted by molar-refractivity contribution is 6.05. The molecule has 1 aromatic rings. The number of amidine groups is 1. The Labute approximate surface area is 83.2 Å². The van der Waals surface area contributed by atoms with E-state index in [1.165, 1.54) is 6.20 Å². The van der Waals surface area contributed by atoms with Gasteiger partial charge in [0.25, 0.3) is 5.91 Å². The van der Waals surface area contributed by atoms with Crippen molar-refractivity contribution < 1.29 is 4.79 Å². The van der Waals surface area contributed by atoms with E-state index < -0.39 is 0 Å². The third-order valence-electron chi connectivity index (χ3n) is 1.62. The molecule has 1 aromatic carbocycles. The molecular formula is C11H12N2O. The highest BCUT2D eigenvalue weighted by atomic mass is 16.1. The maximum Gasteiger partial charge on any atom is 0.256 e. The van der Waals surface area contributed by atoms with Crippen LogP contribution in [0, 0.1) is 0 Å². The molecule has 0 bridgehead atoms. The molecule has 0 spiro atoms. The van der Waals surface area contributed by atoms with Gasteiger partial charge in [0.05, 0.1) is 0 Å². The van der Waals surface area contributed by atoms with Crippen LogP contribution in [0.25, 0.3) is 0 Å². The van der Waals surface area contributed by atoms with E-state index in [1.807, 2.05) is 18.2 Å². The van der Waals surface area contributed by atoms with Gasteiger partial charge in [-0.05, 0) is 19.1 Å². The number of hydrogen-bond acceptors (Lipinski definition) is 2. The van der Waals surface area contributed by atoms with Gasteiger partial charge in [-0.2, -0.15) is 0 Å². The Kier molecular flexibility index (Phi) is 3.61. The van der Waals surface area contributed by atoms with Gasteiger partial charge in [-0.1, -0.05) is 24.8 Å². The number of hydrogen-bond donors (Lipinski definition) is 1. The minimum atomic E-state index is -0.159. The van der Waals surface area contributed by atoms with Crippen molar-refractivity contribution in [2.75, 3.05) is 0 Å². The zero-order chi connectivity index (χ0) is 10.4. The Morgan fingerprint density at radius 3 is 2.64 bits per heavy atom. The fourth-order valence-corrected chi connectivity index (χ4v) is 0.995. The van der Waals surface area contributed by atoms with Crippen molar-refractivity contribution in [2.45, 2.75) is 6.92 Å². The van der Waals surface area contributed by atoms with Gasteiger partial charge < -0.3 is 5.32 Å². The number of amides is 1. The van der Waals surface area contributed by atoms with Gasteiger partial charge in [0, 0.05) is 11.8 Å². The van der Waals surface area contributed by atoms with Gasteiger partial charge in [0.15, 0.2) is 0 Å². The monoisotopic (exact) mass is 188 g/mol. The molecule has 0 aromatic heterocycles. The smallest absolute Gasteiger partial charge is 0.256 e. The van der Waals surface area contributed by atoms with Crippen LogP contribution in [-0.4, -0.2) is 11.7 Å². The summed E-state index contributed by atoms with van der Waals surface area (Å²) in [6.45, 7) is 5.15. The van der Waals surface area contributed by atoms with Crippen molar-refractivity contribution in [3.05, 3.63) is 48.7 Å². The summed E-state index contributed by atoms with van der Waals surface area (Å²) in [6.07, 6.45) is 1.39. The van der Waals surface area contributed by atoms with E-state index in [0.717, 1.165) is 0 Å². The molecular weight excluding hydrogens is 176 g/mol. The van der Waals surface area contributed by atoms with Crippen LogP contribution in [0.5, 0.6) is 0 Å². The van der Waals surface area contributed by atoms with E-state index in [4.69, 9.17) is 0 Å². The zero-order valence-electron chi connectivity index (χ0n) is 8.03. The summed E-state index contributed by atoms with van der Waals surface area (Å²) in [6, 6.07) is 8.98. The Bertz CT molecular complexity index is 355. The average molecular weight is 188 g/mol. The summed E-state index contributed by atoms with van der Waals surface area (Å²) < 4.78 is 0. The Hall–Kier alpha value is -1.90. The standard InChI is InChI=1S/C11H12N2O/c1-3-12-9(2)13-11(14)10-7-5-4-6-8-10/h3-8H,1H2,2H3,(H,12,13,14). The van der Waals surface area contributed by atoms with E-state index in [9.17, 15) is 4.79 Å². The summed E-state index contributed by atoms with van der Waals surface area (Å²) in [5.74, 6) is 0.377. The molecule has 0 aliphatic heterocycles. The van der Waals surface area contributed by atoms with Crippen LogP contribution in [0.3, 0.4) is 0 Å². The predicted molar refractivity (Wildman–Crippen MR) is 57.2 cm³/mol. The van der Waals surface area contributed by atoms with Crippen molar-refractivity contribution in [2.24, 2.45) is 4.99 Å². The molecule has 0 radical (unpaired) electrons. The first-order valence-corrected chi connectivity index (χ1v) is 4.25. The van der Waals surface area contributed by atoms with E-state index >= 15 is 0 Å². The number of carbonyl (C=O) groups is 1. The molecule has 0 unspecified atom stereocenters. The summed E-state index contributed by atoms with van der Waals surface area (Å²) in [4.78, 5) is 15.3. The molecule has 0 fully saturated rings. The first-order valence-electron chi connectivity index (χ1n) is 4.25. The topological polar surface area (TPSA) is 41.5 Å². The summed E-state index contributed by atoms with van der Waals surface area (Å²) in [7, 11) is 0. The van der Waals surface area contributed by atoms with Gasteiger partial charge in [0.2, 0.25) is 0 Å². The van der Waals surface area contributed by atoms with Crippen molar-refractivity contribution in [3.63, 3.8) is 0 Å². The number of rotatable bonds is 2. The third kappa shape index (κ3) is 2.86. The first kappa shape index (κ1) is 10.2. The summed E-state index contributed by atoms with van der Waals surface area (Å²) in [5.41, 5.74) is 0.617. The molecule has 14 heavy (non-hydrogen) atoms. The predicted octanol–water partition coefficient (Wildman–Crippen LogP) is 1.98. The highest BCUT2D eigenvalue weighted by Crippen LogP contribution is 1.97. The van der Waals surface area contributed by atoms with Crippen LogP contribution in [0.4, 0.5) is 0 Å². The quantitative estimate of drug-likeness (QED) is 0.559. The summed E-state index contributed by atoms with van der Waals surface area (Å²) >= 11 is 0. The average Bonchev–Trinajstić information content (AvgIpc) is 2.19. The Balaban J connectivity index is 2.69. The van der Waals surface area contributed by atoms with Crippen LogP contribution in [-0.2, 0) is 0 Å². The summed E-state index contributed by atoms with van der Waals surface area (Å²) in [5, 5.41) is 2.64. The number of aliphatic imine (C=N–C) groups is 1. The van der Waals surface area contributed by atoms with E-state index in [1.54, 1.807) is 19.1 Å². The maximum absolute atomic E-state index is 11.5. The molecule has 0 aliphatic carbocycles. The molecule has 0 saturated carbocycles. The van der Waals surface area contributed by atoms with Crippen LogP contribution in [0.1, 0.15) is 17.3 Å². The second kappa shape index (κ2) is 4.97. The van der Waals surface area contributed by atoms with Crippen LogP contribution < -0.4 is 5.32 Å². The van der Waals surface area contributed by atoms with Crippen molar-refractivity contribution >= 4 is 11.7 Å². The van der Waals surface area contributed by atoms with Crippen molar-refractivity contribution in [1.82, 2.24) is 5.32 Å². The van der Waals surface area contributed by atoms with Gasteiger partial charge >= 0.3 is 0 Å². The molecule has 3 nitrogen and oxygen atoms in total. The van der Waals surface area contributed by atoms with Gasteiger partial charge in [-0.15, -0.1) is 0 Å². The minimum absolute atomic E-state index is 0.159. The third-order valence-corrected chi connectivity index (χ3v) is 1.62. The van der Waals surface area contributed by atoms with Crippen molar-refractivity contribution in [1.29, 1.82) is 0 Å². The SMILES string of the molecule is C=C/N=C(\C)NC(=O)c1ccccc1. The Morgan fingerprint density at radius 1 is 1.43 bits per heavy atom. The van der Waals surface area contributed by atoms with E-state index in [2.05, 4.69) is 16.9 Å². The van der Waals surface area contributed by atoms with Gasteiger partial charge in [0.1, 0.15) is 5.84 Å². The number of benzene rings is 1. The number of carbonyl (C=O) groups excluding carboxylic acids is 1. The lowest BCUT2D eigenvalue weighted by atomic mass is 10.2. The Morgan fingerprint density at radius 2 is 2.07 bits per heavy atom. The van der Waals surface area contributed by atoms with Crippen molar-refractivity contribution in [3.8, 4) is 0 Å². The number of nitrogens with zero attached hydrogens (tertiary/aromatic N) is 1. The molecule has 3 heteroatoms. The zero-order valence-corrected chi connectivity index (χ0v) is 8.03. The van der Waals surface area contributed by atoms with E-state index in [0.29, 0.717) is 11.4 Å². The normalized spacial score (nSPS) is 10.8. The largest absolute Gasteiger partial charge is 0.310 e. The molecule has 1 rings (SSSR count). The second-order valence-corrected chi connectivity index (χ2v) is 2.72. The lowest BCUT2D eigenvalue weighted by molar-refractivity contribution is 0.0977. The fraction of sp³-hybridized carbons (Fsp3) is 0.0909. The molecule has 0 heterocycles. The van der Waals surface area contributed by atoms with Gasteiger partial charge in [-0.3, -0.25) is 4.79 Å². The second-order valence-electron chi connectivity index (χ2n) is 2.72. The molecule has 72 valence electrons. The highest BCUT2D eigenvalue weighted by Gasteiger charge is 2.03. The molecule has 0 saturated heterocycles. The molecule has 1 amide bonds. The van der Waals surface area contributed by atoms with Crippen LogP contribution >= 0.6 is 0 Å². The lowest BCUT2D eigenvalue weighted by Crippen LogP contribution is -2.27. The van der Waals surface area contributed by atoms with E-state index in [-0.39, 0.29) is 5.91 Å². The fourth-order valence-electron chi connectivity index (χ4n) is 0.995. The van der Waals surface area contributed by atoms with Gasteiger partial charge in [-0.25, -0.2) is 4.99 Å². The first-order chi connectivity index (χ1) is 6.74. The van der Waals surface area contributed by atoms with Crippen LogP contribution in [0.15, 0.2) is 48.1 Å². The maximum atomic E-state index is 11.5. The lowest BCUT2D eigenvalue weighted by Gasteiger charge is -2.02.